The van der Waals surface area contributed by atoms with E-state index in [0.717, 1.165) is 0 Å². The second-order valence-corrected chi connectivity index (χ2v) is 4.22. The van der Waals surface area contributed by atoms with Crippen LogP contribution in [-0.4, -0.2) is 9.91 Å². The van der Waals surface area contributed by atoms with Crippen molar-refractivity contribution in [1.29, 1.82) is 0 Å². The Bertz CT molecular complexity index is 821. The third-order valence-electron chi connectivity index (χ3n) is 2.74. The summed E-state index contributed by atoms with van der Waals surface area (Å²) < 4.78 is 76.6. The molecule has 22 heavy (non-hydrogen) atoms. The van der Waals surface area contributed by atoms with Crippen molar-refractivity contribution >= 4 is 16.7 Å². The van der Waals surface area contributed by atoms with Crippen molar-refractivity contribution in [3.8, 4) is 0 Å². The Morgan fingerprint density at radius 1 is 1.00 bits per heavy atom. The van der Waals surface area contributed by atoms with Crippen LogP contribution in [0.15, 0.2) is 23.0 Å². The van der Waals surface area contributed by atoms with E-state index in [4.69, 9.17) is 0 Å². The molecular weight excluding hydrogens is 322 g/mol. The number of nitrogens with zero attached hydrogens (tertiary/aromatic N) is 1. The van der Waals surface area contributed by atoms with Crippen LogP contribution in [0.5, 0.6) is 0 Å². The lowest BCUT2D eigenvalue weighted by molar-refractivity contribution is -0.389. The summed E-state index contributed by atoms with van der Waals surface area (Å²) in [6.45, 7) is 0. The Hall–Kier alpha value is -2.59. The highest BCUT2D eigenvalue weighted by Gasteiger charge is 2.39. The smallest absolute Gasteiger partial charge is 0.358 e. The van der Waals surface area contributed by atoms with Gasteiger partial charge in [0.1, 0.15) is 5.52 Å². The van der Waals surface area contributed by atoms with E-state index in [1.807, 2.05) is 0 Å². The number of nitro groups is 1. The molecule has 118 valence electrons. The molecule has 0 fully saturated rings. The molecule has 2 aromatic rings. The van der Waals surface area contributed by atoms with Gasteiger partial charge < -0.3 is 10.1 Å². The first-order chi connectivity index (χ1) is 9.91. The van der Waals surface area contributed by atoms with Crippen LogP contribution in [0.3, 0.4) is 0 Å². The maximum atomic E-state index is 12.9. The molecule has 2 rings (SSSR count). The highest BCUT2D eigenvalue weighted by Crippen LogP contribution is 2.38. The van der Waals surface area contributed by atoms with Crippen LogP contribution >= 0.6 is 0 Å². The van der Waals surface area contributed by atoms with E-state index in [1.165, 1.54) is 0 Å². The molecule has 0 aliphatic carbocycles. The number of pyridine rings is 1. The Morgan fingerprint density at radius 2 is 1.59 bits per heavy atom. The Kier molecular flexibility index (Phi) is 3.38. The second kappa shape index (κ2) is 4.71. The number of rotatable bonds is 1. The summed E-state index contributed by atoms with van der Waals surface area (Å²) >= 11 is 0. The normalized spacial score (nSPS) is 12.6. The summed E-state index contributed by atoms with van der Waals surface area (Å²) in [4.78, 5) is 22.8. The van der Waals surface area contributed by atoms with E-state index in [2.05, 4.69) is 0 Å². The van der Waals surface area contributed by atoms with Crippen molar-refractivity contribution in [3.63, 3.8) is 0 Å². The molecule has 0 aliphatic rings. The molecule has 0 aliphatic heterocycles. The highest BCUT2D eigenvalue weighted by atomic mass is 19.4. The van der Waals surface area contributed by atoms with Crippen molar-refractivity contribution in [2.45, 2.75) is 12.4 Å². The molecular formula is C11H4F6N2O3. The van der Waals surface area contributed by atoms with Crippen LogP contribution in [0.4, 0.5) is 32.2 Å². The molecule has 1 N–H and O–H groups in total. The monoisotopic (exact) mass is 326 g/mol. The number of aromatic nitrogens is 1. The summed E-state index contributed by atoms with van der Waals surface area (Å²) in [5, 5.41) is 9.46. The first-order valence-corrected chi connectivity index (χ1v) is 5.41. The van der Waals surface area contributed by atoms with E-state index in [9.17, 15) is 41.3 Å². The molecule has 0 atom stereocenters. The molecule has 11 heteroatoms. The van der Waals surface area contributed by atoms with E-state index in [-0.39, 0.29) is 18.2 Å². The average molecular weight is 326 g/mol. The number of alkyl halides is 6. The SMILES string of the molecule is O=c1cc([N+](=O)[O-])[nH]c2cc(C(F)(F)F)cc(C(F)(F)F)c12. The lowest BCUT2D eigenvalue weighted by atomic mass is 10.0. The number of halogens is 6. The van der Waals surface area contributed by atoms with Crippen LogP contribution < -0.4 is 5.43 Å². The minimum absolute atomic E-state index is 0.205. The lowest BCUT2D eigenvalue weighted by Crippen LogP contribution is -2.16. The molecule has 1 aromatic heterocycles. The fourth-order valence-electron chi connectivity index (χ4n) is 1.86. The standard InChI is InChI=1S/C11H4F6N2O3/c12-10(13,14)4-1-5(11(15,16)17)9-6(2-4)18-8(19(21)22)3-7(9)20/h1-3H,(H,18,20). The summed E-state index contributed by atoms with van der Waals surface area (Å²) in [5.74, 6) is -1.01. The molecule has 0 unspecified atom stereocenters. The first-order valence-electron chi connectivity index (χ1n) is 5.41. The molecule has 0 bridgehead atoms. The van der Waals surface area contributed by atoms with Gasteiger partial charge in [0, 0.05) is 0 Å². The number of hydrogen-bond acceptors (Lipinski definition) is 3. The van der Waals surface area contributed by atoms with Gasteiger partial charge in [0.15, 0.2) is 5.43 Å². The summed E-state index contributed by atoms with van der Waals surface area (Å²) in [6.07, 6.45) is -10.3. The second-order valence-electron chi connectivity index (χ2n) is 4.22. The molecule has 0 spiro atoms. The minimum Gasteiger partial charge on any atom is -0.358 e. The van der Waals surface area contributed by atoms with Crippen molar-refractivity contribution in [2.75, 3.05) is 0 Å². The molecule has 1 heterocycles. The fraction of sp³-hybridized carbons (Fsp3) is 0.182. The van der Waals surface area contributed by atoms with Crippen LogP contribution in [0, 0.1) is 10.1 Å². The van der Waals surface area contributed by atoms with Crippen molar-refractivity contribution in [2.24, 2.45) is 0 Å². The van der Waals surface area contributed by atoms with Gasteiger partial charge >= 0.3 is 18.2 Å². The number of nitrogens with one attached hydrogen (secondary N) is 1. The van der Waals surface area contributed by atoms with E-state index in [1.54, 1.807) is 4.98 Å². The van der Waals surface area contributed by atoms with Gasteiger partial charge in [-0.2, -0.15) is 26.3 Å². The molecule has 5 nitrogen and oxygen atoms in total. The molecule has 0 saturated carbocycles. The number of hydrogen-bond donors (Lipinski definition) is 1. The van der Waals surface area contributed by atoms with Crippen molar-refractivity contribution < 1.29 is 31.3 Å². The van der Waals surface area contributed by atoms with Gasteiger partial charge in [-0.05, 0) is 17.1 Å². The summed E-state index contributed by atoms with van der Waals surface area (Å²) in [7, 11) is 0. The van der Waals surface area contributed by atoms with Gasteiger partial charge in [0.05, 0.1) is 22.6 Å². The van der Waals surface area contributed by atoms with E-state index >= 15 is 0 Å². The van der Waals surface area contributed by atoms with Gasteiger partial charge in [-0.15, -0.1) is 0 Å². The zero-order chi connectivity index (χ0) is 16.9. The first kappa shape index (κ1) is 15.8. The fourth-order valence-corrected chi connectivity index (χ4v) is 1.86. The predicted molar refractivity (Wildman–Crippen MR) is 61.2 cm³/mol. The van der Waals surface area contributed by atoms with Crippen LogP contribution in [0.2, 0.25) is 0 Å². The molecule has 0 radical (unpaired) electrons. The maximum Gasteiger partial charge on any atom is 0.417 e. The van der Waals surface area contributed by atoms with Crippen molar-refractivity contribution in [1.82, 2.24) is 4.98 Å². The zero-order valence-electron chi connectivity index (χ0n) is 10.2. The summed E-state index contributed by atoms with van der Waals surface area (Å²) in [5.41, 5.74) is -5.81. The highest BCUT2D eigenvalue weighted by molar-refractivity contribution is 5.84. The van der Waals surface area contributed by atoms with Crippen LogP contribution in [0.1, 0.15) is 11.1 Å². The number of aromatic amines is 1. The third kappa shape index (κ3) is 2.73. The average Bonchev–Trinajstić information content (AvgIpc) is 2.34. The number of fused-ring (bicyclic) bond motifs is 1. The van der Waals surface area contributed by atoms with Crippen molar-refractivity contribution in [3.05, 3.63) is 49.7 Å². The number of benzene rings is 1. The number of H-pyrrole nitrogens is 1. The van der Waals surface area contributed by atoms with Crippen LogP contribution in [0.25, 0.3) is 10.9 Å². The van der Waals surface area contributed by atoms with Gasteiger partial charge in [-0.1, -0.05) is 0 Å². The topological polar surface area (TPSA) is 76.0 Å². The van der Waals surface area contributed by atoms with Gasteiger partial charge in [-0.25, -0.2) is 4.98 Å². The predicted octanol–water partition coefficient (Wildman–Crippen LogP) is 3.47. The van der Waals surface area contributed by atoms with E-state index < -0.39 is 50.6 Å². The Morgan fingerprint density at radius 3 is 2.05 bits per heavy atom. The van der Waals surface area contributed by atoms with Gasteiger partial charge in [0.2, 0.25) is 0 Å². The molecule has 0 saturated heterocycles. The van der Waals surface area contributed by atoms with E-state index in [0.29, 0.717) is 0 Å². The Labute approximate surface area is 116 Å². The zero-order valence-corrected chi connectivity index (χ0v) is 10.2. The Balaban J connectivity index is 2.98. The largest absolute Gasteiger partial charge is 0.417 e. The maximum absolute atomic E-state index is 12.9. The quantitative estimate of drug-likeness (QED) is 0.495. The molecule has 1 aromatic carbocycles. The summed E-state index contributed by atoms with van der Waals surface area (Å²) in [6, 6.07) is 0.299. The van der Waals surface area contributed by atoms with Gasteiger partial charge in [-0.3, -0.25) is 4.79 Å². The molecule has 0 amide bonds. The van der Waals surface area contributed by atoms with Gasteiger partial charge in [0.25, 0.3) is 0 Å². The van der Waals surface area contributed by atoms with Crippen LogP contribution in [-0.2, 0) is 12.4 Å². The lowest BCUT2D eigenvalue weighted by Gasteiger charge is -2.13. The minimum atomic E-state index is -5.23. The third-order valence-corrected chi connectivity index (χ3v) is 2.74.